The fourth-order valence-electron chi connectivity index (χ4n) is 2.45. The summed E-state index contributed by atoms with van der Waals surface area (Å²) in [5.74, 6) is -0.437. The number of piperidine rings is 1. The van der Waals surface area contributed by atoms with Gasteiger partial charge in [-0.2, -0.15) is 0 Å². The van der Waals surface area contributed by atoms with E-state index < -0.39 is 12.1 Å². The monoisotopic (exact) mass is 263 g/mol. The van der Waals surface area contributed by atoms with E-state index in [1.54, 1.807) is 12.1 Å². The molecule has 0 bridgehead atoms. The van der Waals surface area contributed by atoms with Crippen molar-refractivity contribution in [2.45, 2.75) is 19.3 Å². The van der Waals surface area contributed by atoms with Crippen molar-refractivity contribution in [3.8, 4) is 0 Å². The van der Waals surface area contributed by atoms with Crippen LogP contribution in [-0.4, -0.2) is 40.3 Å². The van der Waals surface area contributed by atoms with Gasteiger partial charge in [0.1, 0.15) is 0 Å². The number of amides is 1. The molecule has 1 saturated heterocycles. The lowest BCUT2D eigenvalue weighted by Crippen LogP contribution is -2.37. The molecule has 102 valence electrons. The molecule has 1 aliphatic rings. The van der Waals surface area contributed by atoms with E-state index in [4.69, 9.17) is 10.2 Å². The highest BCUT2D eigenvalue weighted by atomic mass is 16.4. The maximum absolute atomic E-state index is 10.8. The zero-order chi connectivity index (χ0) is 13.8. The Morgan fingerprint density at radius 3 is 2.16 bits per heavy atom. The van der Waals surface area contributed by atoms with Crippen molar-refractivity contribution in [1.29, 1.82) is 0 Å². The lowest BCUT2D eigenvalue weighted by molar-refractivity contribution is 0.0696. The summed E-state index contributed by atoms with van der Waals surface area (Å²) in [7, 11) is 0. The largest absolute Gasteiger partial charge is 0.478 e. The summed E-state index contributed by atoms with van der Waals surface area (Å²) < 4.78 is 0. The quantitative estimate of drug-likeness (QED) is 0.877. The third kappa shape index (κ3) is 3.47. The molecular weight excluding hydrogens is 246 g/mol. The van der Waals surface area contributed by atoms with Gasteiger partial charge in [0.05, 0.1) is 5.56 Å². The maximum Gasteiger partial charge on any atom is 0.407 e. The Morgan fingerprint density at radius 2 is 1.68 bits per heavy atom. The van der Waals surface area contributed by atoms with Crippen molar-refractivity contribution in [3.63, 3.8) is 0 Å². The highest BCUT2D eigenvalue weighted by Gasteiger charge is 2.22. The van der Waals surface area contributed by atoms with Crippen LogP contribution in [0.1, 0.15) is 28.8 Å². The molecule has 2 N–H and O–H groups in total. The number of rotatable bonds is 3. The van der Waals surface area contributed by atoms with E-state index in [1.165, 1.54) is 4.90 Å². The number of carboxylic acid groups (broad SMARTS) is 2. The Balaban J connectivity index is 1.88. The van der Waals surface area contributed by atoms with E-state index in [1.807, 2.05) is 12.1 Å². The van der Waals surface area contributed by atoms with E-state index in [0.29, 0.717) is 24.6 Å². The number of hydrogen-bond donors (Lipinski definition) is 2. The Bertz CT molecular complexity index is 461. The molecule has 1 fully saturated rings. The number of aromatic carboxylic acids is 1. The van der Waals surface area contributed by atoms with Gasteiger partial charge < -0.3 is 15.1 Å². The van der Waals surface area contributed by atoms with Crippen LogP contribution in [-0.2, 0) is 6.42 Å². The summed E-state index contributed by atoms with van der Waals surface area (Å²) in [6, 6.07) is 6.91. The normalized spacial score (nSPS) is 16.3. The van der Waals surface area contributed by atoms with E-state index in [0.717, 1.165) is 24.8 Å². The lowest BCUT2D eigenvalue weighted by atomic mass is 9.90. The van der Waals surface area contributed by atoms with E-state index >= 15 is 0 Å². The molecule has 1 aromatic rings. The first-order valence-corrected chi connectivity index (χ1v) is 6.36. The van der Waals surface area contributed by atoms with Gasteiger partial charge in [0.2, 0.25) is 0 Å². The first-order valence-electron chi connectivity index (χ1n) is 6.36. The van der Waals surface area contributed by atoms with Gasteiger partial charge in [0.25, 0.3) is 0 Å². The summed E-state index contributed by atoms with van der Waals surface area (Å²) >= 11 is 0. The van der Waals surface area contributed by atoms with E-state index in [9.17, 15) is 9.59 Å². The molecule has 5 heteroatoms. The molecule has 0 spiro atoms. The molecule has 5 nitrogen and oxygen atoms in total. The molecule has 0 aliphatic carbocycles. The topological polar surface area (TPSA) is 77.8 Å². The highest BCUT2D eigenvalue weighted by Crippen LogP contribution is 2.21. The van der Waals surface area contributed by atoms with Gasteiger partial charge >= 0.3 is 12.1 Å². The van der Waals surface area contributed by atoms with Gasteiger partial charge in [-0.1, -0.05) is 12.1 Å². The zero-order valence-corrected chi connectivity index (χ0v) is 10.6. The van der Waals surface area contributed by atoms with Gasteiger partial charge in [-0.25, -0.2) is 9.59 Å². The molecular formula is C14H17NO4. The van der Waals surface area contributed by atoms with Crippen molar-refractivity contribution in [1.82, 2.24) is 4.90 Å². The Morgan fingerprint density at radius 1 is 1.11 bits per heavy atom. The minimum absolute atomic E-state index is 0.296. The van der Waals surface area contributed by atoms with E-state index in [-0.39, 0.29) is 0 Å². The van der Waals surface area contributed by atoms with Crippen LogP contribution in [0.4, 0.5) is 4.79 Å². The molecule has 19 heavy (non-hydrogen) atoms. The molecule has 2 rings (SSSR count). The predicted octanol–water partition coefficient (Wildman–Crippen LogP) is 2.32. The van der Waals surface area contributed by atoms with Gasteiger partial charge in [0.15, 0.2) is 0 Å². The Hall–Kier alpha value is -2.04. The summed E-state index contributed by atoms with van der Waals surface area (Å²) in [6.45, 7) is 1.18. The van der Waals surface area contributed by atoms with Gasteiger partial charge in [-0.05, 0) is 42.9 Å². The molecule has 1 aliphatic heterocycles. The second-order valence-electron chi connectivity index (χ2n) is 4.92. The van der Waals surface area contributed by atoms with Crippen molar-refractivity contribution in [2.24, 2.45) is 5.92 Å². The number of likely N-dealkylation sites (tertiary alicyclic amines) is 1. The molecule has 0 saturated carbocycles. The van der Waals surface area contributed by atoms with Crippen LogP contribution in [0, 0.1) is 5.92 Å². The minimum atomic E-state index is -0.915. The van der Waals surface area contributed by atoms with Crippen LogP contribution < -0.4 is 0 Å². The lowest BCUT2D eigenvalue weighted by Gasteiger charge is -2.30. The number of carboxylic acids is 1. The smallest absolute Gasteiger partial charge is 0.407 e. The van der Waals surface area contributed by atoms with Crippen LogP contribution in [0.5, 0.6) is 0 Å². The average Bonchev–Trinajstić information content (AvgIpc) is 2.40. The van der Waals surface area contributed by atoms with E-state index in [2.05, 4.69) is 0 Å². The van der Waals surface area contributed by atoms with Crippen molar-refractivity contribution in [3.05, 3.63) is 35.4 Å². The number of benzene rings is 1. The molecule has 1 amide bonds. The molecule has 0 atom stereocenters. The van der Waals surface area contributed by atoms with Crippen LogP contribution in [0.2, 0.25) is 0 Å². The molecule has 1 aromatic carbocycles. The fraction of sp³-hybridized carbons (Fsp3) is 0.429. The van der Waals surface area contributed by atoms with Gasteiger partial charge in [0, 0.05) is 13.1 Å². The molecule has 0 aromatic heterocycles. The third-order valence-electron chi connectivity index (χ3n) is 3.61. The Kier molecular flexibility index (Phi) is 4.04. The second kappa shape index (κ2) is 5.73. The van der Waals surface area contributed by atoms with Crippen LogP contribution in [0.15, 0.2) is 24.3 Å². The second-order valence-corrected chi connectivity index (χ2v) is 4.92. The van der Waals surface area contributed by atoms with Crippen LogP contribution >= 0.6 is 0 Å². The first kappa shape index (κ1) is 13.4. The minimum Gasteiger partial charge on any atom is -0.478 e. The van der Waals surface area contributed by atoms with Crippen molar-refractivity contribution in [2.75, 3.05) is 13.1 Å². The Labute approximate surface area is 111 Å². The number of hydrogen-bond acceptors (Lipinski definition) is 2. The number of carbonyl (C=O) groups is 2. The summed E-state index contributed by atoms with van der Waals surface area (Å²) in [4.78, 5) is 23.0. The van der Waals surface area contributed by atoms with Crippen LogP contribution in [0.25, 0.3) is 0 Å². The predicted molar refractivity (Wildman–Crippen MR) is 69.4 cm³/mol. The fourth-order valence-corrected chi connectivity index (χ4v) is 2.45. The molecule has 1 heterocycles. The molecule has 0 radical (unpaired) electrons. The average molecular weight is 263 g/mol. The number of nitrogens with zero attached hydrogens (tertiary/aromatic N) is 1. The van der Waals surface area contributed by atoms with Gasteiger partial charge in [-0.15, -0.1) is 0 Å². The zero-order valence-electron chi connectivity index (χ0n) is 10.6. The first-order chi connectivity index (χ1) is 9.06. The highest BCUT2D eigenvalue weighted by molar-refractivity contribution is 5.87. The van der Waals surface area contributed by atoms with Crippen molar-refractivity contribution < 1.29 is 19.8 Å². The third-order valence-corrected chi connectivity index (χ3v) is 3.61. The standard InChI is InChI=1S/C14H17NO4/c16-13(17)12-3-1-10(2-4-12)9-11-5-7-15(8-6-11)14(18)19/h1-4,11H,5-9H2,(H,16,17)(H,18,19). The van der Waals surface area contributed by atoms with Gasteiger partial charge in [-0.3, -0.25) is 0 Å². The summed E-state index contributed by atoms with van der Waals surface area (Å²) in [5.41, 5.74) is 1.41. The van der Waals surface area contributed by atoms with Crippen molar-refractivity contribution >= 4 is 12.1 Å². The summed E-state index contributed by atoms with van der Waals surface area (Å²) in [5, 5.41) is 17.7. The maximum atomic E-state index is 10.8. The van der Waals surface area contributed by atoms with Crippen LogP contribution in [0.3, 0.4) is 0 Å². The molecule has 0 unspecified atom stereocenters. The summed E-state index contributed by atoms with van der Waals surface area (Å²) in [6.07, 6.45) is 1.78. The SMILES string of the molecule is O=C(O)c1ccc(CC2CCN(C(=O)O)CC2)cc1.